The number of thiophene rings is 1. The van der Waals surface area contributed by atoms with E-state index in [0.717, 1.165) is 45.2 Å². The van der Waals surface area contributed by atoms with E-state index in [1.807, 2.05) is 11.3 Å². The monoisotopic (exact) mass is 311 g/mol. The number of fused-ring (bicyclic) bond motifs is 1. The molecule has 1 aromatic heterocycles. The summed E-state index contributed by atoms with van der Waals surface area (Å²) in [5.74, 6) is 6.69. The van der Waals surface area contributed by atoms with Crippen molar-refractivity contribution in [3.8, 4) is 11.8 Å². The number of nitrogens with one attached hydrogen (secondary N) is 1. The molecule has 0 saturated heterocycles. The summed E-state index contributed by atoms with van der Waals surface area (Å²) in [7, 11) is 0. The first-order valence-electron chi connectivity index (χ1n) is 8.57. The van der Waals surface area contributed by atoms with Crippen LogP contribution in [0, 0.1) is 11.8 Å². The van der Waals surface area contributed by atoms with Crippen LogP contribution in [-0.4, -0.2) is 6.54 Å². The Morgan fingerprint density at radius 1 is 1.27 bits per heavy atom. The SMILES string of the molecule is CCCC#CC1=CC(c2sc3c(c2CC)CCNC3)=CCC1. The van der Waals surface area contributed by atoms with Crippen LogP contribution in [0.1, 0.15) is 60.4 Å². The third-order valence-electron chi connectivity index (χ3n) is 4.38. The van der Waals surface area contributed by atoms with E-state index >= 15 is 0 Å². The molecule has 2 aliphatic rings. The van der Waals surface area contributed by atoms with Crippen molar-refractivity contribution in [2.24, 2.45) is 0 Å². The Kier molecular flexibility index (Phi) is 5.18. The van der Waals surface area contributed by atoms with Gasteiger partial charge in [0.2, 0.25) is 0 Å². The Morgan fingerprint density at radius 3 is 3.00 bits per heavy atom. The van der Waals surface area contributed by atoms with E-state index in [2.05, 4.69) is 43.2 Å². The molecule has 0 spiro atoms. The average molecular weight is 311 g/mol. The maximum absolute atomic E-state index is 3.50. The van der Waals surface area contributed by atoms with E-state index in [-0.39, 0.29) is 0 Å². The van der Waals surface area contributed by atoms with Crippen LogP contribution in [0.3, 0.4) is 0 Å². The van der Waals surface area contributed by atoms with E-state index < -0.39 is 0 Å². The van der Waals surface area contributed by atoms with Gasteiger partial charge in [-0.15, -0.1) is 11.3 Å². The van der Waals surface area contributed by atoms with Crippen molar-refractivity contribution in [3.63, 3.8) is 0 Å². The molecule has 22 heavy (non-hydrogen) atoms. The Bertz CT molecular complexity index is 664. The van der Waals surface area contributed by atoms with Gasteiger partial charge >= 0.3 is 0 Å². The van der Waals surface area contributed by atoms with Crippen molar-refractivity contribution >= 4 is 16.9 Å². The second kappa shape index (κ2) is 7.31. The molecule has 0 bridgehead atoms. The minimum atomic E-state index is 1.01. The number of allylic oxidation sites excluding steroid dienone is 4. The van der Waals surface area contributed by atoms with Crippen LogP contribution in [0.25, 0.3) is 5.57 Å². The molecule has 3 rings (SSSR count). The summed E-state index contributed by atoms with van der Waals surface area (Å²) in [6, 6.07) is 0. The molecule has 0 unspecified atom stereocenters. The zero-order valence-corrected chi connectivity index (χ0v) is 14.5. The van der Waals surface area contributed by atoms with Crippen LogP contribution in [0.4, 0.5) is 0 Å². The van der Waals surface area contributed by atoms with Crippen LogP contribution < -0.4 is 5.32 Å². The predicted molar refractivity (Wildman–Crippen MR) is 97.1 cm³/mol. The number of rotatable bonds is 3. The van der Waals surface area contributed by atoms with Crippen LogP contribution >= 0.6 is 11.3 Å². The van der Waals surface area contributed by atoms with Crippen LogP contribution in [0.15, 0.2) is 17.7 Å². The lowest BCUT2D eigenvalue weighted by Gasteiger charge is -2.14. The molecule has 0 amide bonds. The average Bonchev–Trinajstić information content (AvgIpc) is 2.94. The first kappa shape index (κ1) is 15.6. The van der Waals surface area contributed by atoms with Gasteiger partial charge in [-0.05, 0) is 61.4 Å². The largest absolute Gasteiger partial charge is 0.312 e. The maximum atomic E-state index is 3.50. The summed E-state index contributed by atoms with van der Waals surface area (Å²) in [5.41, 5.74) is 5.95. The van der Waals surface area contributed by atoms with Crippen molar-refractivity contribution in [3.05, 3.63) is 38.6 Å². The van der Waals surface area contributed by atoms with Crippen molar-refractivity contribution in [1.29, 1.82) is 0 Å². The molecule has 1 nitrogen and oxygen atoms in total. The quantitative estimate of drug-likeness (QED) is 0.786. The summed E-state index contributed by atoms with van der Waals surface area (Å²) in [6.45, 7) is 6.65. The fourth-order valence-electron chi connectivity index (χ4n) is 3.27. The molecule has 1 N–H and O–H groups in total. The van der Waals surface area contributed by atoms with Gasteiger partial charge in [0.05, 0.1) is 0 Å². The highest BCUT2D eigenvalue weighted by atomic mass is 32.1. The molecule has 1 aromatic rings. The van der Waals surface area contributed by atoms with Crippen molar-refractivity contribution < 1.29 is 0 Å². The lowest BCUT2D eigenvalue weighted by Crippen LogP contribution is -2.22. The summed E-state index contributed by atoms with van der Waals surface area (Å²) < 4.78 is 0. The molecule has 2 heteroatoms. The second-order valence-electron chi connectivity index (χ2n) is 6.01. The predicted octanol–water partition coefficient (Wildman–Crippen LogP) is 4.86. The third kappa shape index (κ3) is 3.21. The van der Waals surface area contributed by atoms with Gasteiger partial charge < -0.3 is 5.32 Å². The smallest absolute Gasteiger partial charge is 0.0378 e. The normalized spacial score (nSPS) is 17.2. The van der Waals surface area contributed by atoms with Crippen molar-refractivity contribution in [2.45, 2.75) is 58.9 Å². The lowest BCUT2D eigenvalue weighted by molar-refractivity contribution is 0.651. The Hall–Kier alpha value is -1.30. The number of hydrogen-bond donors (Lipinski definition) is 1. The van der Waals surface area contributed by atoms with E-state index in [1.54, 1.807) is 16.0 Å². The first-order chi connectivity index (χ1) is 10.8. The molecule has 0 aromatic carbocycles. The maximum Gasteiger partial charge on any atom is 0.0378 e. The van der Waals surface area contributed by atoms with E-state index in [0.29, 0.717) is 0 Å². The van der Waals surface area contributed by atoms with E-state index in [4.69, 9.17) is 0 Å². The van der Waals surface area contributed by atoms with Crippen molar-refractivity contribution in [1.82, 2.24) is 5.32 Å². The fourth-order valence-corrected chi connectivity index (χ4v) is 4.69. The van der Waals surface area contributed by atoms with E-state index in [9.17, 15) is 0 Å². The van der Waals surface area contributed by atoms with E-state index in [1.165, 1.54) is 22.4 Å². The van der Waals surface area contributed by atoms with Crippen LogP contribution in [-0.2, 0) is 19.4 Å². The fraction of sp³-hybridized carbons (Fsp3) is 0.500. The number of unbranched alkanes of at least 4 members (excludes halogenated alkanes) is 1. The molecule has 1 aliphatic heterocycles. The van der Waals surface area contributed by atoms with Crippen molar-refractivity contribution in [2.75, 3.05) is 6.54 Å². The molecule has 116 valence electrons. The summed E-state index contributed by atoms with van der Waals surface area (Å²) in [5, 5.41) is 3.50. The second-order valence-corrected chi connectivity index (χ2v) is 7.12. The highest BCUT2D eigenvalue weighted by Crippen LogP contribution is 2.38. The van der Waals surface area contributed by atoms with Gasteiger partial charge in [-0.1, -0.05) is 31.8 Å². The number of hydrogen-bond acceptors (Lipinski definition) is 2. The molecule has 1 aliphatic carbocycles. The Labute approximate surface area is 138 Å². The van der Waals surface area contributed by atoms with Gasteiger partial charge in [0.25, 0.3) is 0 Å². The van der Waals surface area contributed by atoms with Gasteiger partial charge in [0, 0.05) is 28.3 Å². The lowest BCUT2D eigenvalue weighted by atomic mass is 9.93. The zero-order valence-electron chi connectivity index (χ0n) is 13.7. The molecular formula is C20H25NS. The van der Waals surface area contributed by atoms with Gasteiger partial charge in [-0.25, -0.2) is 0 Å². The van der Waals surface area contributed by atoms with Gasteiger partial charge in [0.15, 0.2) is 0 Å². The van der Waals surface area contributed by atoms with Gasteiger partial charge in [0.1, 0.15) is 0 Å². The summed E-state index contributed by atoms with van der Waals surface area (Å²) >= 11 is 2.00. The molecule has 0 fully saturated rings. The molecular weight excluding hydrogens is 286 g/mol. The highest BCUT2D eigenvalue weighted by Gasteiger charge is 2.21. The molecule has 2 heterocycles. The highest BCUT2D eigenvalue weighted by molar-refractivity contribution is 7.13. The summed E-state index contributed by atoms with van der Waals surface area (Å²) in [6.07, 6.45) is 11.5. The van der Waals surface area contributed by atoms with Gasteiger partial charge in [-0.3, -0.25) is 0 Å². The first-order valence-corrected chi connectivity index (χ1v) is 9.39. The topological polar surface area (TPSA) is 12.0 Å². The minimum Gasteiger partial charge on any atom is -0.312 e. The Balaban J connectivity index is 1.92. The molecule has 0 saturated carbocycles. The third-order valence-corrected chi connectivity index (χ3v) is 5.71. The minimum absolute atomic E-state index is 1.01. The molecule has 0 atom stereocenters. The van der Waals surface area contributed by atoms with Gasteiger partial charge in [-0.2, -0.15) is 0 Å². The van der Waals surface area contributed by atoms with Crippen LogP contribution in [0.2, 0.25) is 0 Å². The van der Waals surface area contributed by atoms with Crippen LogP contribution in [0.5, 0.6) is 0 Å². The summed E-state index contributed by atoms with van der Waals surface area (Å²) in [4.78, 5) is 3.06. The molecule has 0 radical (unpaired) electrons. The Morgan fingerprint density at radius 2 is 2.18 bits per heavy atom. The zero-order chi connectivity index (χ0) is 15.4. The standard InChI is InChI=1S/C20H25NS/c1-3-5-6-8-15-9-7-10-16(13-15)20-17(4-2)18-11-12-21-14-19(18)22-20/h10,13,21H,3-5,7,9,11-12,14H2,1-2H3.